The van der Waals surface area contributed by atoms with Crippen LogP contribution in [0.15, 0.2) is 0 Å². The van der Waals surface area contributed by atoms with Crippen molar-refractivity contribution in [1.29, 1.82) is 5.26 Å². The highest BCUT2D eigenvalue weighted by atomic mass is 16.2. The van der Waals surface area contributed by atoms with Crippen LogP contribution in [0.25, 0.3) is 0 Å². The van der Waals surface area contributed by atoms with E-state index in [1.54, 1.807) is 0 Å². The molecule has 0 aliphatic carbocycles. The van der Waals surface area contributed by atoms with Crippen LogP contribution in [-0.2, 0) is 4.79 Å². The summed E-state index contributed by atoms with van der Waals surface area (Å²) < 4.78 is 0. The Labute approximate surface area is 163 Å². The molecule has 1 amide bonds. The van der Waals surface area contributed by atoms with Crippen LogP contribution in [0.4, 0.5) is 0 Å². The molecule has 0 saturated carbocycles. The van der Waals surface area contributed by atoms with Crippen molar-refractivity contribution in [1.82, 2.24) is 4.90 Å². The van der Waals surface area contributed by atoms with Gasteiger partial charge in [0.25, 0.3) is 0 Å². The smallest absolute Gasteiger partial charge is 0.236 e. The van der Waals surface area contributed by atoms with E-state index in [9.17, 15) is 4.79 Å². The molecule has 0 rings (SSSR count). The minimum absolute atomic E-state index is 0.0263. The van der Waals surface area contributed by atoms with Crippen LogP contribution in [-0.4, -0.2) is 23.9 Å². The van der Waals surface area contributed by atoms with Gasteiger partial charge in [0.05, 0.1) is 6.07 Å². The third-order valence-electron chi connectivity index (χ3n) is 5.15. The van der Waals surface area contributed by atoms with Gasteiger partial charge in [-0.1, -0.05) is 104 Å². The van der Waals surface area contributed by atoms with E-state index in [0.717, 1.165) is 25.9 Å². The van der Waals surface area contributed by atoms with Crippen molar-refractivity contribution in [2.24, 2.45) is 0 Å². The van der Waals surface area contributed by atoms with Crippen LogP contribution in [0.2, 0.25) is 0 Å². The first-order chi connectivity index (χ1) is 12.8. The lowest BCUT2D eigenvalue weighted by Crippen LogP contribution is -2.32. The van der Waals surface area contributed by atoms with E-state index in [0.29, 0.717) is 0 Å². The van der Waals surface area contributed by atoms with Gasteiger partial charge >= 0.3 is 0 Å². The Morgan fingerprint density at radius 3 is 1.35 bits per heavy atom. The molecule has 0 atom stereocenters. The number of amides is 1. The van der Waals surface area contributed by atoms with Gasteiger partial charge in [0.15, 0.2) is 0 Å². The van der Waals surface area contributed by atoms with E-state index in [1.165, 1.54) is 89.9 Å². The van der Waals surface area contributed by atoms with Crippen molar-refractivity contribution in [3.63, 3.8) is 0 Å². The first-order valence-corrected chi connectivity index (χ1v) is 11.4. The Morgan fingerprint density at radius 1 is 0.654 bits per heavy atom. The van der Waals surface area contributed by atoms with Crippen LogP contribution < -0.4 is 0 Å². The molecule has 0 unspecified atom stereocenters. The maximum Gasteiger partial charge on any atom is 0.236 e. The number of hydrogen-bond acceptors (Lipinski definition) is 2. The van der Waals surface area contributed by atoms with Gasteiger partial charge in [-0.25, -0.2) is 0 Å². The third kappa shape index (κ3) is 16.4. The molecule has 0 fully saturated rings. The summed E-state index contributed by atoms with van der Waals surface area (Å²) in [4.78, 5) is 14.1. The lowest BCUT2D eigenvalue weighted by atomic mass is 10.1. The van der Waals surface area contributed by atoms with Gasteiger partial charge < -0.3 is 4.90 Å². The van der Waals surface area contributed by atoms with E-state index in [2.05, 4.69) is 13.8 Å². The molecule has 3 nitrogen and oxygen atoms in total. The summed E-state index contributed by atoms with van der Waals surface area (Å²) in [5.74, 6) is 0.0263. The Balaban J connectivity index is 3.78. The highest BCUT2D eigenvalue weighted by molar-refractivity contribution is 5.78. The average Bonchev–Trinajstić information content (AvgIpc) is 2.64. The van der Waals surface area contributed by atoms with Gasteiger partial charge in [0, 0.05) is 13.1 Å². The predicted octanol–water partition coefficient (Wildman–Crippen LogP) is 7.01. The Hall–Kier alpha value is -1.04. The lowest BCUT2D eigenvalue weighted by Gasteiger charge is -2.21. The van der Waals surface area contributed by atoms with Gasteiger partial charge in [-0.3, -0.25) is 4.79 Å². The standard InChI is InChI=1S/C23H44N2O/c1-3-5-7-9-11-13-15-17-21-25(23(26)19-20-24)22-18-16-14-12-10-8-6-4-2/h3-19,21-22H2,1-2H3. The van der Waals surface area contributed by atoms with E-state index < -0.39 is 0 Å². The first kappa shape index (κ1) is 25.0. The second-order valence-electron chi connectivity index (χ2n) is 7.67. The Bertz CT molecular complexity index is 329. The summed E-state index contributed by atoms with van der Waals surface area (Å²) in [5.41, 5.74) is 0. The molecule has 26 heavy (non-hydrogen) atoms. The van der Waals surface area contributed by atoms with Crippen molar-refractivity contribution < 1.29 is 4.79 Å². The Morgan fingerprint density at radius 2 is 1.00 bits per heavy atom. The summed E-state index contributed by atoms with van der Waals surface area (Å²) in [7, 11) is 0. The molecule has 0 heterocycles. The minimum atomic E-state index is 0.0263. The summed E-state index contributed by atoms with van der Waals surface area (Å²) >= 11 is 0. The highest BCUT2D eigenvalue weighted by Crippen LogP contribution is 2.11. The van der Waals surface area contributed by atoms with Crippen LogP contribution in [0.1, 0.15) is 123 Å². The molecule has 0 bridgehead atoms. The lowest BCUT2D eigenvalue weighted by molar-refractivity contribution is -0.130. The number of rotatable bonds is 19. The highest BCUT2D eigenvalue weighted by Gasteiger charge is 2.12. The predicted molar refractivity (Wildman–Crippen MR) is 112 cm³/mol. The fourth-order valence-electron chi connectivity index (χ4n) is 3.41. The molecule has 0 aromatic rings. The van der Waals surface area contributed by atoms with Crippen LogP contribution in [0.3, 0.4) is 0 Å². The number of carbonyl (C=O) groups excluding carboxylic acids is 1. The fraction of sp³-hybridized carbons (Fsp3) is 0.913. The van der Waals surface area contributed by atoms with Gasteiger partial charge in [0.1, 0.15) is 6.42 Å². The molecule has 0 spiro atoms. The van der Waals surface area contributed by atoms with E-state index in [4.69, 9.17) is 5.26 Å². The molecule has 0 aromatic heterocycles. The SMILES string of the molecule is CCCCCCCCCCN(CCCCCCCCCC)C(=O)CC#N. The van der Waals surface area contributed by atoms with E-state index in [-0.39, 0.29) is 12.3 Å². The number of hydrogen-bond donors (Lipinski definition) is 0. The summed E-state index contributed by atoms with van der Waals surface area (Å²) in [6.07, 6.45) is 20.6. The van der Waals surface area contributed by atoms with Crippen molar-refractivity contribution in [2.45, 2.75) is 123 Å². The molecule has 0 aliphatic heterocycles. The zero-order valence-electron chi connectivity index (χ0n) is 17.7. The normalized spacial score (nSPS) is 10.7. The fourth-order valence-corrected chi connectivity index (χ4v) is 3.41. The maximum absolute atomic E-state index is 12.1. The third-order valence-corrected chi connectivity index (χ3v) is 5.15. The van der Waals surface area contributed by atoms with Crippen LogP contribution >= 0.6 is 0 Å². The number of unbranched alkanes of at least 4 members (excludes halogenated alkanes) is 14. The van der Waals surface area contributed by atoms with Crippen LogP contribution in [0, 0.1) is 11.3 Å². The van der Waals surface area contributed by atoms with E-state index in [1.807, 2.05) is 11.0 Å². The van der Waals surface area contributed by atoms with Crippen LogP contribution in [0.5, 0.6) is 0 Å². The number of carbonyl (C=O) groups is 1. The van der Waals surface area contributed by atoms with Gasteiger partial charge in [-0.15, -0.1) is 0 Å². The zero-order chi connectivity index (χ0) is 19.3. The molecular weight excluding hydrogens is 320 g/mol. The molecule has 0 aliphatic rings. The van der Waals surface area contributed by atoms with Crippen molar-refractivity contribution in [2.75, 3.05) is 13.1 Å². The number of nitrogens with zero attached hydrogens (tertiary/aromatic N) is 2. The molecule has 0 aromatic carbocycles. The minimum Gasteiger partial charge on any atom is -0.342 e. The average molecular weight is 365 g/mol. The second kappa shape index (κ2) is 20.3. The van der Waals surface area contributed by atoms with E-state index >= 15 is 0 Å². The summed E-state index contributed by atoms with van der Waals surface area (Å²) in [6.45, 7) is 6.18. The molecule has 0 radical (unpaired) electrons. The van der Waals surface area contributed by atoms with Crippen molar-refractivity contribution in [3.05, 3.63) is 0 Å². The summed E-state index contributed by atoms with van der Waals surface area (Å²) in [5, 5.41) is 8.81. The molecule has 0 saturated heterocycles. The molecule has 3 heteroatoms. The topological polar surface area (TPSA) is 44.1 Å². The zero-order valence-corrected chi connectivity index (χ0v) is 17.7. The second-order valence-corrected chi connectivity index (χ2v) is 7.67. The molecular formula is C23H44N2O. The molecule has 152 valence electrons. The van der Waals surface area contributed by atoms with Crippen molar-refractivity contribution in [3.8, 4) is 6.07 Å². The quantitative estimate of drug-likeness (QED) is 0.231. The number of nitriles is 1. The first-order valence-electron chi connectivity index (χ1n) is 11.4. The molecule has 0 N–H and O–H groups in total. The maximum atomic E-state index is 12.1. The largest absolute Gasteiger partial charge is 0.342 e. The summed E-state index contributed by atoms with van der Waals surface area (Å²) in [6, 6.07) is 2.02. The Kier molecular flexibility index (Phi) is 19.5. The van der Waals surface area contributed by atoms with Gasteiger partial charge in [-0.05, 0) is 12.8 Å². The monoisotopic (exact) mass is 364 g/mol. The van der Waals surface area contributed by atoms with Gasteiger partial charge in [0.2, 0.25) is 5.91 Å². The van der Waals surface area contributed by atoms with Gasteiger partial charge in [-0.2, -0.15) is 5.26 Å². The van der Waals surface area contributed by atoms with Crippen molar-refractivity contribution >= 4 is 5.91 Å².